The Labute approximate surface area is 181 Å². The van der Waals surface area contributed by atoms with Gasteiger partial charge in [-0.2, -0.15) is 5.10 Å². The standard InChI is InChI=1S/C21H16BrN3S.BrH/c1-14(15-9-11-17(22)12-10-15)24-25-21-23-20(13-26-21)19-8-4-6-16-5-2-3-7-18(16)19;/h2-13H,1H3,(H,23,25);1H/b24-14-;. The molecule has 136 valence electrons. The molecule has 0 atom stereocenters. The molecule has 3 nitrogen and oxygen atoms in total. The first-order valence-corrected chi connectivity index (χ1v) is 9.88. The topological polar surface area (TPSA) is 37.3 Å². The summed E-state index contributed by atoms with van der Waals surface area (Å²) in [6, 6.07) is 22.8. The van der Waals surface area contributed by atoms with Crippen molar-refractivity contribution < 1.29 is 0 Å². The number of fused-ring (bicyclic) bond motifs is 1. The molecule has 0 unspecified atom stereocenters. The van der Waals surface area contributed by atoms with E-state index in [1.165, 1.54) is 10.8 Å². The highest BCUT2D eigenvalue weighted by atomic mass is 79.9. The average Bonchev–Trinajstić information content (AvgIpc) is 3.15. The zero-order valence-electron chi connectivity index (χ0n) is 14.5. The van der Waals surface area contributed by atoms with E-state index in [1.54, 1.807) is 11.3 Å². The Morgan fingerprint density at radius 1 is 1.00 bits per heavy atom. The number of aromatic nitrogens is 1. The van der Waals surface area contributed by atoms with Gasteiger partial charge in [-0.25, -0.2) is 4.98 Å². The molecule has 0 saturated carbocycles. The minimum atomic E-state index is 0. The molecule has 4 aromatic rings. The van der Waals surface area contributed by atoms with Crippen molar-refractivity contribution in [1.82, 2.24) is 4.98 Å². The largest absolute Gasteiger partial charge is 0.252 e. The Balaban J connectivity index is 0.00000210. The minimum absolute atomic E-state index is 0. The molecule has 27 heavy (non-hydrogen) atoms. The second kappa shape index (κ2) is 8.78. The molecule has 0 aliphatic rings. The van der Waals surface area contributed by atoms with Gasteiger partial charge in [0.2, 0.25) is 5.13 Å². The maximum absolute atomic E-state index is 4.70. The third kappa shape index (κ3) is 4.46. The molecule has 1 heterocycles. The summed E-state index contributed by atoms with van der Waals surface area (Å²) in [5, 5.41) is 9.74. The molecule has 3 aromatic carbocycles. The predicted molar refractivity (Wildman–Crippen MR) is 125 cm³/mol. The van der Waals surface area contributed by atoms with Crippen LogP contribution in [0.2, 0.25) is 0 Å². The first kappa shape index (κ1) is 19.7. The number of anilines is 1. The van der Waals surface area contributed by atoms with Gasteiger partial charge in [0.05, 0.1) is 11.4 Å². The molecule has 0 spiro atoms. The summed E-state index contributed by atoms with van der Waals surface area (Å²) in [6.07, 6.45) is 0. The molecule has 0 amide bonds. The van der Waals surface area contributed by atoms with Crippen LogP contribution in [0.4, 0.5) is 5.13 Å². The van der Waals surface area contributed by atoms with E-state index in [0.29, 0.717) is 0 Å². The second-order valence-corrected chi connectivity index (χ2v) is 7.65. The van der Waals surface area contributed by atoms with Gasteiger partial charge < -0.3 is 0 Å². The van der Waals surface area contributed by atoms with Crippen molar-refractivity contribution in [3.8, 4) is 11.3 Å². The first-order chi connectivity index (χ1) is 12.7. The van der Waals surface area contributed by atoms with Crippen LogP contribution in [-0.4, -0.2) is 10.7 Å². The van der Waals surface area contributed by atoms with Crippen molar-refractivity contribution >= 4 is 65.9 Å². The highest BCUT2D eigenvalue weighted by Gasteiger charge is 2.08. The third-order valence-corrected chi connectivity index (χ3v) is 5.43. The van der Waals surface area contributed by atoms with E-state index in [0.717, 1.165) is 32.1 Å². The van der Waals surface area contributed by atoms with Gasteiger partial charge in [0.1, 0.15) is 0 Å². The summed E-state index contributed by atoms with van der Waals surface area (Å²) in [6.45, 7) is 1.98. The molecule has 1 N–H and O–H groups in total. The number of thiazole rings is 1. The fraction of sp³-hybridized carbons (Fsp3) is 0.0476. The van der Waals surface area contributed by atoms with E-state index in [1.807, 2.05) is 31.2 Å². The van der Waals surface area contributed by atoms with Crippen LogP contribution in [-0.2, 0) is 0 Å². The fourth-order valence-corrected chi connectivity index (χ4v) is 3.70. The Morgan fingerprint density at radius 2 is 1.74 bits per heavy atom. The lowest BCUT2D eigenvalue weighted by atomic mass is 10.0. The molecule has 0 bridgehead atoms. The smallest absolute Gasteiger partial charge is 0.203 e. The predicted octanol–water partition coefficient (Wildman–Crippen LogP) is 7.14. The quantitative estimate of drug-likeness (QED) is 0.238. The maximum Gasteiger partial charge on any atom is 0.203 e. The lowest BCUT2D eigenvalue weighted by molar-refractivity contribution is 1.27. The molecule has 4 rings (SSSR count). The zero-order valence-corrected chi connectivity index (χ0v) is 18.6. The van der Waals surface area contributed by atoms with Crippen molar-refractivity contribution in [2.45, 2.75) is 6.92 Å². The third-order valence-electron chi connectivity index (χ3n) is 4.15. The van der Waals surface area contributed by atoms with E-state index in [-0.39, 0.29) is 17.0 Å². The number of halogens is 2. The molecular weight excluding hydrogens is 486 g/mol. The van der Waals surface area contributed by atoms with Crippen molar-refractivity contribution in [1.29, 1.82) is 0 Å². The number of nitrogens with zero attached hydrogens (tertiary/aromatic N) is 2. The number of rotatable bonds is 4. The summed E-state index contributed by atoms with van der Waals surface area (Å²) in [5.41, 5.74) is 7.17. The van der Waals surface area contributed by atoms with Crippen molar-refractivity contribution in [2.75, 3.05) is 5.43 Å². The Morgan fingerprint density at radius 3 is 2.56 bits per heavy atom. The molecule has 0 aliphatic heterocycles. The maximum atomic E-state index is 4.70. The van der Waals surface area contributed by atoms with Gasteiger partial charge >= 0.3 is 0 Å². The summed E-state index contributed by atoms with van der Waals surface area (Å²) in [7, 11) is 0. The van der Waals surface area contributed by atoms with Crippen molar-refractivity contribution in [3.63, 3.8) is 0 Å². The van der Waals surface area contributed by atoms with Crippen LogP contribution in [0.3, 0.4) is 0 Å². The summed E-state index contributed by atoms with van der Waals surface area (Å²) in [4.78, 5) is 4.70. The number of hydrogen-bond donors (Lipinski definition) is 1. The molecular formula is C21H17Br2N3S. The van der Waals surface area contributed by atoms with E-state index in [4.69, 9.17) is 4.98 Å². The van der Waals surface area contributed by atoms with E-state index in [2.05, 4.69) is 74.3 Å². The van der Waals surface area contributed by atoms with Crippen LogP contribution < -0.4 is 5.43 Å². The number of hydrazone groups is 1. The minimum Gasteiger partial charge on any atom is -0.252 e. The van der Waals surface area contributed by atoms with Gasteiger partial charge in [-0.15, -0.1) is 28.3 Å². The van der Waals surface area contributed by atoms with Gasteiger partial charge in [0.15, 0.2) is 0 Å². The lowest BCUT2D eigenvalue weighted by Crippen LogP contribution is -1.99. The van der Waals surface area contributed by atoms with Crippen molar-refractivity contribution in [2.24, 2.45) is 5.10 Å². The van der Waals surface area contributed by atoms with Gasteiger partial charge in [0.25, 0.3) is 0 Å². The first-order valence-electron chi connectivity index (χ1n) is 8.20. The van der Waals surface area contributed by atoms with Crippen LogP contribution in [0.15, 0.2) is 81.7 Å². The van der Waals surface area contributed by atoms with Crippen LogP contribution >= 0.6 is 44.2 Å². The number of benzene rings is 3. The monoisotopic (exact) mass is 501 g/mol. The fourth-order valence-electron chi connectivity index (χ4n) is 2.78. The number of nitrogens with one attached hydrogen (secondary N) is 1. The SMILES string of the molecule is Br.C/C(=N/Nc1nc(-c2cccc3ccccc23)cs1)c1ccc(Br)cc1. The molecule has 0 saturated heterocycles. The molecule has 1 aromatic heterocycles. The molecule has 0 aliphatic carbocycles. The van der Waals surface area contributed by atoms with Crippen LogP contribution in [0.1, 0.15) is 12.5 Å². The van der Waals surface area contributed by atoms with Gasteiger partial charge in [0, 0.05) is 15.4 Å². The zero-order chi connectivity index (χ0) is 17.9. The Bertz CT molecular complexity index is 1080. The average molecular weight is 503 g/mol. The van der Waals surface area contributed by atoms with Crippen LogP contribution in [0.25, 0.3) is 22.0 Å². The normalized spacial score (nSPS) is 11.3. The molecule has 0 radical (unpaired) electrons. The summed E-state index contributed by atoms with van der Waals surface area (Å²) in [5.74, 6) is 0. The van der Waals surface area contributed by atoms with Gasteiger partial charge in [-0.05, 0) is 35.4 Å². The summed E-state index contributed by atoms with van der Waals surface area (Å²) >= 11 is 5.00. The summed E-state index contributed by atoms with van der Waals surface area (Å²) < 4.78 is 1.06. The Kier molecular flexibility index (Phi) is 6.42. The van der Waals surface area contributed by atoms with Crippen LogP contribution in [0.5, 0.6) is 0 Å². The van der Waals surface area contributed by atoms with E-state index in [9.17, 15) is 0 Å². The highest BCUT2D eigenvalue weighted by molar-refractivity contribution is 9.10. The van der Waals surface area contributed by atoms with Crippen molar-refractivity contribution in [3.05, 3.63) is 82.1 Å². The van der Waals surface area contributed by atoms with Crippen LogP contribution in [0, 0.1) is 0 Å². The molecule has 0 fully saturated rings. The number of hydrogen-bond acceptors (Lipinski definition) is 4. The highest BCUT2D eigenvalue weighted by Crippen LogP contribution is 2.31. The van der Waals surface area contributed by atoms with Gasteiger partial charge in [-0.3, -0.25) is 5.43 Å². The van der Waals surface area contributed by atoms with E-state index < -0.39 is 0 Å². The van der Waals surface area contributed by atoms with E-state index >= 15 is 0 Å². The van der Waals surface area contributed by atoms with Gasteiger partial charge in [-0.1, -0.05) is 70.5 Å². The molecule has 6 heteroatoms. The second-order valence-electron chi connectivity index (χ2n) is 5.88. The Hall–Kier alpha value is -2.02. The lowest BCUT2D eigenvalue weighted by Gasteiger charge is -2.03.